The Kier molecular flexibility index (Phi) is 3.44. The van der Waals surface area contributed by atoms with E-state index in [1.807, 2.05) is 36.1 Å². The summed E-state index contributed by atoms with van der Waals surface area (Å²) in [7, 11) is 0. The van der Waals surface area contributed by atoms with Crippen LogP contribution in [0.2, 0.25) is 5.02 Å². The van der Waals surface area contributed by atoms with Gasteiger partial charge < -0.3 is 4.90 Å². The normalized spacial score (nSPS) is 17.9. The molecule has 104 valence electrons. The number of aromatic nitrogens is 3. The smallest absolute Gasteiger partial charge is 0.276 e. The van der Waals surface area contributed by atoms with E-state index in [9.17, 15) is 4.79 Å². The van der Waals surface area contributed by atoms with Crippen LogP contribution in [-0.4, -0.2) is 32.3 Å². The molecule has 1 aliphatic heterocycles. The van der Waals surface area contributed by atoms with E-state index >= 15 is 0 Å². The summed E-state index contributed by atoms with van der Waals surface area (Å²) >= 11 is 5.89. The highest BCUT2D eigenvalue weighted by Crippen LogP contribution is 2.34. The van der Waals surface area contributed by atoms with E-state index in [2.05, 4.69) is 10.2 Å². The number of rotatable bonds is 3. The lowest BCUT2D eigenvalue weighted by atomic mass is 9.94. The number of nitrogens with zero attached hydrogens (tertiary/aromatic N) is 4. The van der Waals surface area contributed by atoms with Crippen LogP contribution in [0.3, 0.4) is 0 Å². The number of aryl methyl sites for hydroxylation is 1. The van der Waals surface area contributed by atoms with Gasteiger partial charge in [-0.05, 0) is 31.0 Å². The molecule has 1 fully saturated rings. The predicted octanol–water partition coefficient (Wildman–Crippen LogP) is 2.54. The molecule has 20 heavy (non-hydrogen) atoms. The summed E-state index contributed by atoms with van der Waals surface area (Å²) < 4.78 is 0. The zero-order valence-electron chi connectivity index (χ0n) is 11.2. The van der Waals surface area contributed by atoms with Gasteiger partial charge in [-0.1, -0.05) is 23.7 Å². The molecule has 0 bridgehead atoms. The molecule has 2 heterocycles. The van der Waals surface area contributed by atoms with Crippen LogP contribution in [-0.2, 0) is 6.54 Å². The van der Waals surface area contributed by atoms with Crippen molar-refractivity contribution in [2.24, 2.45) is 0 Å². The molecule has 3 rings (SSSR count). The molecule has 0 saturated carbocycles. The minimum Gasteiger partial charge on any atom is -0.330 e. The van der Waals surface area contributed by atoms with E-state index in [1.165, 1.54) is 11.0 Å². The summed E-state index contributed by atoms with van der Waals surface area (Å²) in [5, 5.41) is 8.92. The Morgan fingerprint density at radius 1 is 1.40 bits per heavy atom. The highest BCUT2D eigenvalue weighted by Gasteiger charge is 2.34. The third-order valence-corrected chi connectivity index (χ3v) is 3.83. The molecule has 1 aromatic carbocycles. The molecular weight excluding hydrogens is 276 g/mol. The largest absolute Gasteiger partial charge is 0.330 e. The SMILES string of the molecule is CCn1ncc(C(=O)N2CCC2c2ccc(Cl)cc2)n1. The summed E-state index contributed by atoms with van der Waals surface area (Å²) in [4.78, 5) is 15.7. The van der Waals surface area contributed by atoms with E-state index in [0.717, 1.165) is 18.5 Å². The van der Waals surface area contributed by atoms with Crippen molar-refractivity contribution in [3.63, 3.8) is 0 Å². The molecule has 1 atom stereocenters. The Balaban J connectivity index is 1.77. The Labute approximate surface area is 122 Å². The summed E-state index contributed by atoms with van der Waals surface area (Å²) in [5.41, 5.74) is 1.52. The molecule has 1 unspecified atom stereocenters. The van der Waals surface area contributed by atoms with Crippen molar-refractivity contribution in [3.05, 3.63) is 46.7 Å². The van der Waals surface area contributed by atoms with Crippen LogP contribution in [0.25, 0.3) is 0 Å². The third kappa shape index (κ3) is 2.29. The number of hydrogen-bond acceptors (Lipinski definition) is 3. The van der Waals surface area contributed by atoms with Crippen molar-refractivity contribution in [2.75, 3.05) is 6.54 Å². The van der Waals surface area contributed by atoms with Crippen LogP contribution in [0.15, 0.2) is 30.5 Å². The van der Waals surface area contributed by atoms with E-state index in [4.69, 9.17) is 11.6 Å². The summed E-state index contributed by atoms with van der Waals surface area (Å²) in [6.45, 7) is 3.35. The van der Waals surface area contributed by atoms with Gasteiger partial charge in [-0.25, -0.2) is 0 Å². The van der Waals surface area contributed by atoms with Crippen molar-refractivity contribution in [3.8, 4) is 0 Å². The van der Waals surface area contributed by atoms with E-state index in [1.54, 1.807) is 0 Å². The Bertz CT molecular complexity index is 622. The second kappa shape index (κ2) is 5.25. The van der Waals surface area contributed by atoms with Gasteiger partial charge in [-0.3, -0.25) is 4.79 Å². The molecule has 5 nitrogen and oxygen atoms in total. The standard InChI is InChI=1S/C14H15ClN4O/c1-2-19-16-9-12(17-19)14(20)18-8-7-13(18)10-3-5-11(15)6-4-10/h3-6,9,13H,2,7-8H2,1H3. The number of benzene rings is 1. The van der Waals surface area contributed by atoms with Crippen molar-refractivity contribution in [1.29, 1.82) is 0 Å². The van der Waals surface area contributed by atoms with Gasteiger partial charge in [0.25, 0.3) is 5.91 Å². The van der Waals surface area contributed by atoms with E-state index in [-0.39, 0.29) is 11.9 Å². The number of hydrogen-bond donors (Lipinski definition) is 0. The molecule has 1 amide bonds. The summed E-state index contributed by atoms with van der Waals surface area (Å²) in [6.07, 6.45) is 2.50. The molecule has 1 aliphatic rings. The maximum atomic E-state index is 12.4. The number of carbonyl (C=O) groups is 1. The van der Waals surface area contributed by atoms with Crippen molar-refractivity contribution in [2.45, 2.75) is 25.9 Å². The molecule has 1 aromatic heterocycles. The number of halogens is 1. The van der Waals surface area contributed by atoms with Crippen LogP contribution in [0.1, 0.15) is 35.4 Å². The minimum atomic E-state index is -0.0594. The number of likely N-dealkylation sites (tertiary alicyclic amines) is 1. The summed E-state index contributed by atoms with van der Waals surface area (Å²) in [6, 6.07) is 7.76. The van der Waals surface area contributed by atoms with Crippen LogP contribution >= 0.6 is 11.6 Å². The predicted molar refractivity (Wildman–Crippen MR) is 75.5 cm³/mol. The Morgan fingerprint density at radius 3 is 2.70 bits per heavy atom. The average molecular weight is 291 g/mol. The Morgan fingerprint density at radius 2 is 2.15 bits per heavy atom. The van der Waals surface area contributed by atoms with Gasteiger partial charge in [0.15, 0.2) is 5.69 Å². The molecule has 0 N–H and O–H groups in total. The van der Waals surface area contributed by atoms with Gasteiger partial charge in [0.05, 0.1) is 18.8 Å². The van der Waals surface area contributed by atoms with Gasteiger partial charge >= 0.3 is 0 Å². The summed E-state index contributed by atoms with van der Waals surface area (Å²) in [5.74, 6) is -0.0594. The second-order valence-corrected chi connectivity index (χ2v) is 5.21. The average Bonchev–Trinajstić information content (AvgIpc) is 2.89. The van der Waals surface area contributed by atoms with Gasteiger partial charge in [-0.2, -0.15) is 9.90 Å². The first-order chi connectivity index (χ1) is 9.69. The molecule has 0 aliphatic carbocycles. The first-order valence-corrected chi connectivity index (χ1v) is 7.03. The van der Waals surface area contributed by atoms with E-state index in [0.29, 0.717) is 17.3 Å². The number of carbonyl (C=O) groups excluding carboxylic acids is 1. The number of amides is 1. The van der Waals surface area contributed by atoms with Crippen molar-refractivity contribution in [1.82, 2.24) is 19.9 Å². The zero-order valence-corrected chi connectivity index (χ0v) is 11.9. The fraction of sp³-hybridized carbons (Fsp3) is 0.357. The fourth-order valence-electron chi connectivity index (χ4n) is 2.36. The first kappa shape index (κ1) is 13.1. The molecule has 2 aromatic rings. The minimum absolute atomic E-state index is 0.0594. The highest BCUT2D eigenvalue weighted by molar-refractivity contribution is 6.30. The first-order valence-electron chi connectivity index (χ1n) is 6.65. The van der Waals surface area contributed by atoms with Gasteiger partial charge in [-0.15, -0.1) is 5.10 Å². The van der Waals surface area contributed by atoms with E-state index < -0.39 is 0 Å². The monoisotopic (exact) mass is 290 g/mol. The lowest BCUT2D eigenvalue weighted by Gasteiger charge is -2.40. The topological polar surface area (TPSA) is 51.0 Å². The van der Waals surface area contributed by atoms with Gasteiger partial charge in [0, 0.05) is 11.6 Å². The highest BCUT2D eigenvalue weighted by atomic mass is 35.5. The van der Waals surface area contributed by atoms with Crippen LogP contribution in [0, 0.1) is 0 Å². The maximum Gasteiger partial charge on any atom is 0.276 e. The molecular formula is C14H15ClN4O. The molecule has 0 radical (unpaired) electrons. The van der Waals surface area contributed by atoms with Crippen LogP contribution < -0.4 is 0 Å². The van der Waals surface area contributed by atoms with Crippen molar-refractivity contribution >= 4 is 17.5 Å². The lowest BCUT2D eigenvalue weighted by molar-refractivity contribution is 0.0453. The van der Waals surface area contributed by atoms with Crippen LogP contribution in [0.5, 0.6) is 0 Å². The second-order valence-electron chi connectivity index (χ2n) is 4.77. The zero-order chi connectivity index (χ0) is 14.1. The maximum absolute atomic E-state index is 12.4. The Hall–Kier alpha value is -1.88. The lowest BCUT2D eigenvalue weighted by Crippen LogP contribution is -2.45. The molecule has 0 spiro atoms. The fourth-order valence-corrected chi connectivity index (χ4v) is 2.48. The van der Waals surface area contributed by atoms with Gasteiger partial charge in [0.2, 0.25) is 0 Å². The van der Waals surface area contributed by atoms with Gasteiger partial charge in [0.1, 0.15) is 0 Å². The molecule has 1 saturated heterocycles. The molecule has 6 heteroatoms. The quantitative estimate of drug-likeness (QED) is 0.873. The third-order valence-electron chi connectivity index (χ3n) is 3.57. The van der Waals surface area contributed by atoms with Crippen molar-refractivity contribution < 1.29 is 4.79 Å². The van der Waals surface area contributed by atoms with Crippen LogP contribution in [0.4, 0.5) is 0 Å².